The minimum absolute atomic E-state index is 0.0502. The summed E-state index contributed by atoms with van der Waals surface area (Å²) in [5.41, 5.74) is 7.17. The molecule has 3 rings (SSSR count). The van der Waals surface area contributed by atoms with E-state index in [-0.39, 0.29) is 12.6 Å². The number of rotatable bonds is 8. The van der Waals surface area contributed by atoms with Crippen LogP contribution in [0.2, 0.25) is 0 Å². The van der Waals surface area contributed by atoms with Crippen molar-refractivity contribution in [2.24, 2.45) is 0 Å². The molecule has 0 aliphatic carbocycles. The summed E-state index contributed by atoms with van der Waals surface area (Å²) in [6, 6.07) is 20.3. The molecular formula is C26H28O4. The quantitative estimate of drug-likeness (QED) is 0.516. The molecule has 0 fully saturated rings. The van der Waals surface area contributed by atoms with Gasteiger partial charge in [0.05, 0.1) is 20.3 Å². The van der Waals surface area contributed by atoms with Crippen molar-refractivity contribution in [1.29, 1.82) is 0 Å². The van der Waals surface area contributed by atoms with E-state index in [2.05, 4.69) is 37.3 Å². The van der Waals surface area contributed by atoms with Crippen molar-refractivity contribution in [3.8, 4) is 28.0 Å². The third-order valence-electron chi connectivity index (χ3n) is 5.13. The van der Waals surface area contributed by atoms with E-state index in [1.807, 2.05) is 30.3 Å². The van der Waals surface area contributed by atoms with Crippen molar-refractivity contribution in [2.45, 2.75) is 33.3 Å². The summed E-state index contributed by atoms with van der Waals surface area (Å²) >= 11 is 0. The van der Waals surface area contributed by atoms with Crippen LogP contribution in [0.3, 0.4) is 0 Å². The van der Waals surface area contributed by atoms with Crippen LogP contribution in [0.5, 0.6) is 5.75 Å². The Balaban J connectivity index is 1.99. The molecule has 3 aromatic carbocycles. The van der Waals surface area contributed by atoms with Gasteiger partial charge in [0.1, 0.15) is 5.75 Å². The van der Waals surface area contributed by atoms with Crippen LogP contribution in [0.4, 0.5) is 0 Å². The van der Waals surface area contributed by atoms with E-state index >= 15 is 0 Å². The number of carbonyl (C=O) groups excluding carboxylic acids is 1. The standard InChI is InChI=1S/C26H28O4/c1-4-30-26(28)13-9-21-16-23(29-3)10-12-24(21)20-8-11-25(22(15-20)17-27)19-7-5-6-18(2)14-19/h5-8,10-12,14-16,27H,4,9,13,17H2,1-3H3. The Bertz CT molecular complexity index is 1020. The molecule has 0 unspecified atom stereocenters. The number of aliphatic hydroxyl groups excluding tert-OH is 1. The molecule has 0 aliphatic rings. The second-order valence-corrected chi connectivity index (χ2v) is 7.23. The number of aryl methyl sites for hydroxylation is 2. The number of benzene rings is 3. The average Bonchev–Trinajstić information content (AvgIpc) is 2.77. The van der Waals surface area contributed by atoms with Crippen LogP contribution in [-0.2, 0) is 22.6 Å². The second-order valence-electron chi connectivity index (χ2n) is 7.23. The van der Waals surface area contributed by atoms with Gasteiger partial charge in [-0.1, -0.05) is 48.0 Å². The summed E-state index contributed by atoms with van der Waals surface area (Å²) < 4.78 is 10.5. The first kappa shape index (κ1) is 21.6. The minimum atomic E-state index is -0.211. The van der Waals surface area contributed by atoms with Crippen LogP contribution in [-0.4, -0.2) is 24.8 Å². The minimum Gasteiger partial charge on any atom is -0.497 e. The van der Waals surface area contributed by atoms with Gasteiger partial charge in [0.15, 0.2) is 0 Å². The van der Waals surface area contributed by atoms with Crippen molar-refractivity contribution < 1.29 is 19.4 Å². The number of carbonyl (C=O) groups is 1. The van der Waals surface area contributed by atoms with Crippen molar-refractivity contribution in [2.75, 3.05) is 13.7 Å². The SMILES string of the molecule is CCOC(=O)CCc1cc(OC)ccc1-c1ccc(-c2cccc(C)c2)c(CO)c1. The Morgan fingerprint density at radius 1 is 0.933 bits per heavy atom. The van der Waals surface area contributed by atoms with Gasteiger partial charge < -0.3 is 14.6 Å². The van der Waals surface area contributed by atoms with E-state index in [0.717, 1.165) is 39.1 Å². The average molecular weight is 405 g/mol. The zero-order chi connectivity index (χ0) is 21.5. The van der Waals surface area contributed by atoms with E-state index in [1.165, 1.54) is 5.56 Å². The van der Waals surface area contributed by atoms with E-state index in [9.17, 15) is 9.90 Å². The zero-order valence-corrected chi connectivity index (χ0v) is 17.8. The van der Waals surface area contributed by atoms with Crippen molar-refractivity contribution in [1.82, 2.24) is 0 Å². The molecule has 0 atom stereocenters. The fourth-order valence-electron chi connectivity index (χ4n) is 3.64. The summed E-state index contributed by atoms with van der Waals surface area (Å²) in [6.07, 6.45) is 0.863. The lowest BCUT2D eigenvalue weighted by atomic mass is 9.91. The van der Waals surface area contributed by atoms with Gasteiger partial charge in [-0.15, -0.1) is 0 Å². The maximum Gasteiger partial charge on any atom is 0.306 e. The molecule has 0 heterocycles. The summed E-state index contributed by atoms with van der Waals surface area (Å²) in [5, 5.41) is 10.0. The topological polar surface area (TPSA) is 55.8 Å². The fraction of sp³-hybridized carbons (Fsp3) is 0.269. The van der Waals surface area contributed by atoms with Gasteiger partial charge >= 0.3 is 5.97 Å². The third kappa shape index (κ3) is 5.08. The lowest BCUT2D eigenvalue weighted by Crippen LogP contribution is -2.06. The Morgan fingerprint density at radius 3 is 2.37 bits per heavy atom. The smallest absolute Gasteiger partial charge is 0.306 e. The Kier molecular flexibility index (Phi) is 7.26. The number of methoxy groups -OCH3 is 1. The van der Waals surface area contributed by atoms with Gasteiger partial charge in [-0.2, -0.15) is 0 Å². The predicted molar refractivity (Wildman–Crippen MR) is 119 cm³/mol. The highest BCUT2D eigenvalue weighted by Gasteiger charge is 2.13. The Hall–Kier alpha value is -3.11. The lowest BCUT2D eigenvalue weighted by molar-refractivity contribution is -0.143. The summed E-state index contributed by atoms with van der Waals surface area (Å²) in [4.78, 5) is 11.9. The summed E-state index contributed by atoms with van der Waals surface area (Å²) in [6.45, 7) is 4.19. The van der Waals surface area contributed by atoms with Gasteiger partial charge in [-0.25, -0.2) is 0 Å². The molecule has 156 valence electrons. The number of aliphatic hydroxyl groups is 1. The first-order valence-electron chi connectivity index (χ1n) is 10.2. The van der Waals surface area contributed by atoms with Gasteiger partial charge in [0.25, 0.3) is 0 Å². The normalized spacial score (nSPS) is 10.7. The van der Waals surface area contributed by atoms with Crippen molar-refractivity contribution in [3.63, 3.8) is 0 Å². The molecule has 0 amide bonds. The number of ether oxygens (including phenoxy) is 2. The summed E-state index contributed by atoms with van der Waals surface area (Å²) in [5.74, 6) is 0.536. The highest BCUT2D eigenvalue weighted by atomic mass is 16.5. The molecule has 1 N–H and O–H groups in total. The fourth-order valence-corrected chi connectivity index (χ4v) is 3.64. The van der Waals surface area contributed by atoms with Gasteiger partial charge in [0.2, 0.25) is 0 Å². The molecule has 0 radical (unpaired) electrons. The van der Waals surface area contributed by atoms with Crippen LogP contribution in [0, 0.1) is 6.92 Å². The van der Waals surface area contributed by atoms with E-state index in [0.29, 0.717) is 19.4 Å². The van der Waals surface area contributed by atoms with Crippen LogP contribution in [0.25, 0.3) is 22.3 Å². The van der Waals surface area contributed by atoms with Crippen molar-refractivity contribution in [3.05, 3.63) is 77.4 Å². The predicted octanol–water partition coefficient (Wildman–Crippen LogP) is 5.33. The maximum absolute atomic E-state index is 11.9. The molecular weight excluding hydrogens is 376 g/mol. The number of hydrogen-bond donors (Lipinski definition) is 1. The van der Waals surface area contributed by atoms with Gasteiger partial charge in [0, 0.05) is 6.42 Å². The molecule has 0 bridgehead atoms. The number of esters is 1. The first-order chi connectivity index (χ1) is 14.5. The Labute approximate surface area is 178 Å². The molecule has 3 aromatic rings. The number of hydrogen-bond acceptors (Lipinski definition) is 4. The molecule has 4 heteroatoms. The molecule has 30 heavy (non-hydrogen) atoms. The highest BCUT2D eigenvalue weighted by molar-refractivity contribution is 5.76. The van der Waals surface area contributed by atoms with E-state index in [1.54, 1.807) is 14.0 Å². The van der Waals surface area contributed by atoms with Gasteiger partial charge in [-0.3, -0.25) is 4.79 Å². The van der Waals surface area contributed by atoms with Gasteiger partial charge in [-0.05, 0) is 71.8 Å². The Morgan fingerprint density at radius 2 is 1.67 bits per heavy atom. The van der Waals surface area contributed by atoms with Crippen LogP contribution in [0.15, 0.2) is 60.7 Å². The summed E-state index contributed by atoms with van der Waals surface area (Å²) in [7, 11) is 1.63. The monoisotopic (exact) mass is 404 g/mol. The molecule has 0 saturated heterocycles. The van der Waals surface area contributed by atoms with Crippen molar-refractivity contribution >= 4 is 5.97 Å². The van der Waals surface area contributed by atoms with Crippen LogP contribution >= 0.6 is 0 Å². The van der Waals surface area contributed by atoms with Crippen LogP contribution in [0.1, 0.15) is 30.0 Å². The molecule has 0 aliphatic heterocycles. The van der Waals surface area contributed by atoms with Crippen LogP contribution < -0.4 is 4.74 Å². The second kappa shape index (κ2) is 10.1. The van der Waals surface area contributed by atoms with E-state index in [4.69, 9.17) is 9.47 Å². The van der Waals surface area contributed by atoms with E-state index < -0.39 is 0 Å². The highest BCUT2D eigenvalue weighted by Crippen LogP contribution is 2.33. The molecule has 4 nitrogen and oxygen atoms in total. The maximum atomic E-state index is 11.9. The molecule has 0 spiro atoms. The third-order valence-corrected chi connectivity index (χ3v) is 5.13. The zero-order valence-electron chi connectivity index (χ0n) is 17.8. The lowest BCUT2D eigenvalue weighted by Gasteiger charge is -2.15. The molecule has 0 aromatic heterocycles. The largest absolute Gasteiger partial charge is 0.497 e. The first-order valence-corrected chi connectivity index (χ1v) is 10.2. The molecule has 0 saturated carbocycles.